The maximum absolute atomic E-state index is 6.58. The number of pyridine rings is 1. The number of rotatable bonds is 3. The van der Waals surface area contributed by atoms with Crippen molar-refractivity contribution in [3.05, 3.63) is 175 Å². The topological polar surface area (TPSA) is 35.9 Å². The van der Waals surface area contributed by atoms with Crippen LogP contribution in [0.3, 0.4) is 0 Å². The zero-order valence-electron chi connectivity index (χ0n) is 29.8. The SMILES string of the molecule is CC1(C)c2ccccc2-c2cc3c4cnccc4n(-c4ccc5oc6cccc(-c7ccc8c(c7)c7ccccc7n8-c7ccccc7)c6c5c4)c3cc21. The number of hydrogen-bond donors (Lipinski definition) is 0. The summed E-state index contributed by atoms with van der Waals surface area (Å²) in [6.45, 7) is 4.69. The zero-order valence-corrected chi connectivity index (χ0v) is 29.8. The highest BCUT2D eigenvalue weighted by molar-refractivity contribution is 6.16. The molecule has 0 N–H and O–H groups in total. The van der Waals surface area contributed by atoms with Gasteiger partial charge in [-0.25, -0.2) is 0 Å². The number of nitrogens with zero attached hydrogens (tertiary/aromatic N) is 3. The predicted octanol–water partition coefficient (Wildman–Crippen LogP) is 13.1. The normalized spacial score (nSPS) is 13.5. The highest BCUT2D eigenvalue weighted by atomic mass is 16.3. The van der Waals surface area contributed by atoms with Crippen LogP contribution in [0, 0.1) is 0 Å². The lowest BCUT2D eigenvalue weighted by molar-refractivity contribution is 0.661. The molecule has 0 radical (unpaired) electrons. The van der Waals surface area contributed by atoms with Crippen molar-refractivity contribution in [2.75, 3.05) is 0 Å². The van der Waals surface area contributed by atoms with Crippen molar-refractivity contribution in [1.82, 2.24) is 14.1 Å². The van der Waals surface area contributed by atoms with Gasteiger partial charge in [0.1, 0.15) is 11.2 Å². The van der Waals surface area contributed by atoms with Crippen molar-refractivity contribution in [3.8, 4) is 33.6 Å². The third-order valence-corrected chi connectivity index (χ3v) is 12.0. The Bertz CT molecular complexity index is 3360. The molecular formula is C50H33N3O. The van der Waals surface area contributed by atoms with Crippen LogP contribution in [0.5, 0.6) is 0 Å². The van der Waals surface area contributed by atoms with E-state index in [1.807, 2.05) is 12.4 Å². The largest absolute Gasteiger partial charge is 0.456 e. The van der Waals surface area contributed by atoms with Crippen molar-refractivity contribution < 1.29 is 4.42 Å². The lowest BCUT2D eigenvalue weighted by atomic mass is 9.82. The quantitative estimate of drug-likeness (QED) is 0.185. The number of benzene rings is 7. The molecule has 4 heteroatoms. The van der Waals surface area contributed by atoms with E-state index < -0.39 is 0 Å². The molecule has 0 amide bonds. The molecule has 0 unspecified atom stereocenters. The Balaban J connectivity index is 1.09. The molecule has 0 saturated heterocycles. The van der Waals surface area contributed by atoms with E-state index in [1.165, 1.54) is 55.0 Å². The van der Waals surface area contributed by atoms with Gasteiger partial charge in [-0.15, -0.1) is 0 Å². The van der Waals surface area contributed by atoms with Gasteiger partial charge < -0.3 is 13.6 Å². The van der Waals surface area contributed by atoms with Gasteiger partial charge in [-0.05, 0) is 106 Å². The van der Waals surface area contributed by atoms with Crippen molar-refractivity contribution in [1.29, 1.82) is 0 Å². The molecule has 12 rings (SSSR count). The lowest BCUT2D eigenvalue weighted by Gasteiger charge is -2.21. The van der Waals surface area contributed by atoms with Gasteiger partial charge in [0.2, 0.25) is 0 Å². The lowest BCUT2D eigenvalue weighted by Crippen LogP contribution is -2.14. The smallest absolute Gasteiger partial charge is 0.136 e. The molecule has 1 aliphatic carbocycles. The van der Waals surface area contributed by atoms with Gasteiger partial charge >= 0.3 is 0 Å². The number of hydrogen-bond acceptors (Lipinski definition) is 2. The van der Waals surface area contributed by atoms with Gasteiger partial charge in [-0.2, -0.15) is 0 Å². The number of furan rings is 1. The predicted molar refractivity (Wildman–Crippen MR) is 223 cm³/mol. The summed E-state index contributed by atoms with van der Waals surface area (Å²) in [6.07, 6.45) is 3.92. The minimum absolute atomic E-state index is 0.103. The molecule has 0 spiro atoms. The maximum Gasteiger partial charge on any atom is 0.136 e. The molecular weight excluding hydrogens is 659 g/mol. The van der Waals surface area contributed by atoms with E-state index in [0.717, 1.165) is 55.3 Å². The summed E-state index contributed by atoms with van der Waals surface area (Å²) in [5.74, 6) is 0. The Morgan fingerprint density at radius 2 is 1.22 bits per heavy atom. The summed E-state index contributed by atoms with van der Waals surface area (Å²) in [7, 11) is 0. The highest BCUT2D eigenvalue weighted by Crippen LogP contribution is 2.51. The molecule has 0 fully saturated rings. The van der Waals surface area contributed by atoms with Gasteiger partial charge in [-0.3, -0.25) is 4.98 Å². The van der Waals surface area contributed by atoms with Crippen LogP contribution in [0.25, 0.3) is 99.2 Å². The van der Waals surface area contributed by atoms with E-state index in [9.17, 15) is 0 Å². The second kappa shape index (κ2) is 10.6. The zero-order chi connectivity index (χ0) is 35.7. The fourth-order valence-electron chi connectivity index (χ4n) is 9.52. The minimum Gasteiger partial charge on any atom is -0.456 e. The summed E-state index contributed by atoms with van der Waals surface area (Å²) in [6, 6.07) is 55.1. The first kappa shape index (κ1) is 29.6. The van der Waals surface area contributed by atoms with E-state index >= 15 is 0 Å². The second-order valence-electron chi connectivity index (χ2n) is 15.2. The molecule has 4 aromatic heterocycles. The van der Waals surface area contributed by atoms with Crippen LogP contribution in [0.4, 0.5) is 0 Å². The third kappa shape index (κ3) is 3.89. The average Bonchev–Trinajstić information content (AvgIpc) is 3.92. The molecule has 4 heterocycles. The molecule has 0 bridgehead atoms. The summed E-state index contributed by atoms with van der Waals surface area (Å²) >= 11 is 0. The maximum atomic E-state index is 6.58. The van der Waals surface area contributed by atoms with Crippen molar-refractivity contribution in [3.63, 3.8) is 0 Å². The summed E-state index contributed by atoms with van der Waals surface area (Å²) in [4.78, 5) is 4.59. The fourth-order valence-corrected chi connectivity index (χ4v) is 9.52. The Hall–Kier alpha value is -6.91. The van der Waals surface area contributed by atoms with Gasteiger partial charge in [0.05, 0.1) is 22.1 Å². The molecule has 0 atom stereocenters. The van der Waals surface area contributed by atoms with Crippen LogP contribution in [0.1, 0.15) is 25.0 Å². The molecule has 54 heavy (non-hydrogen) atoms. The number of aromatic nitrogens is 3. The van der Waals surface area contributed by atoms with Crippen molar-refractivity contribution in [2.45, 2.75) is 19.3 Å². The molecule has 4 nitrogen and oxygen atoms in total. The highest BCUT2D eigenvalue weighted by Gasteiger charge is 2.36. The van der Waals surface area contributed by atoms with Crippen molar-refractivity contribution >= 4 is 65.6 Å². The second-order valence-corrected chi connectivity index (χ2v) is 15.2. The molecule has 11 aromatic rings. The standard InChI is InChI=1S/C50H33N3O/c1-50(2)41-16-8-6-13-34(41)36-27-38-40-29-51-24-23-45(40)53(46(38)28-42(36)50)32-20-22-47-39(26-32)49-33(15-10-18-48(49)54-47)30-19-21-44-37(25-30)35-14-7-9-17-43(35)52(44)31-11-4-3-5-12-31/h3-29H,1-2H3. The van der Waals surface area contributed by atoms with Crippen LogP contribution < -0.4 is 0 Å². The fraction of sp³-hybridized carbons (Fsp3) is 0.0600. The van der Waals surface area contributed by atoms with Crippen LogP contribution in [0.2, 0.25) is 0 Å². The van der Waals surface area contributed by atoms with Gasteiger partial charge in [0.15, 0.2) is 0 Å². The van der Waals surface area contributed by atoms with E-state index in [4.69, 9.17) is 4.42 Å². The first-order valence-electron chi connectivity index (χ1n) is 18.6. The minimum atomic E-state index is -0.103. The third-order valence-electron chi connectivity index (χ3n) is 12.0. The van der Waals surface area contributed by atoms with E-state index in [-0.39, 0.29) is 5.41 Å². The average molecular weight is 692 g/mol. The number of fused-ring (bicyclic) bond motifs is 12. The van der Waals surface area contributed by atoms with Gasteiger partial charge in [-0.1, -0.05) is 92.7 Å². The van der Waals surface area contributed by atoms with E-state index in [0.29, 0.717) is 0 Å². The van der Waals surface area contributed by atoms with Crippen LogP contribution >= 0.6 is 0 Å². The molecule has 7 aromatic carbocycles. The summed E-state index contributed by atoms with van der Waals surface area (Å²) in [5, 5.41) is 7.06. The molecule has 0 aliphatic heterocycles. The van der Waals surface area contributed by atoms with Gasteiger partial charge in [0.25, 0.3) is 0 Å². The van der Waals surface area contributed by atoms with Crippen LogP contribution in [0.15, 0.2) is 168 Å². The first-order valence-corrected chi connectivity index (χ1v) is 18.6. The summed E-state index contributed by atoms with van der Waals surface area (Å²) < 4.78 is 11.4. The molecule has 254 valence electrons. The number of para-hydroxylation sites is 2. The van der Waals surface area contributed by atoms with Crippen molar-refractivity contribution in [2.24, 2.45) is 0 Å². The van der Waals surface area contributed by atoms with E-state index in [1.54, 1.807) is 0 Å². The summed E-state index contributed by atoms with van der Waals surface area (Å²) in [5.41, 5.74) is 16.3. The molecule has 0 saturated carbocycles. The Labute approximate surface area is 311 Å². The first-order chi connectivity index (χ1) is 26.5. The Kier molecular flexibility index (Phi) is 5.81. The Morgan fingerprint density at radius 3 is 2.15 bits per heavy atom. The van der Waals surface area contributed by atoms with Gasteiger partial charge in [0, 0.05) is 61.5 Å². The molecule has 1 aliphatic rings. The van der Waals surface area contributed by atoms with E-state index in [2.05, 4.69) is 180 Å². The van der Waals surface area contributed by atoms with Crippen LogP contribution in [-0.4, -0.2) is 14.1 Å². The monoisotopic (exact) mass is 691 g/mol. The Morgan fingerprint density at radius 1 is 0.463 bits per heavy atom. The van der Waals surface area contributed by atoms with Crippen LogP contribution in [-0.2, 0) is 5.41 Å².